The van der Waals surface area contributed by atoms with E-state index in [9.17, 15) is 19.8 Å². The van der Waals surface area contributed by atoms with Gasteiger partial charge in [0.15, 0.2) is 29.1 Å². The van der Waals surface area contributed by atoms with Gasteiger partial charge >= 0.3 is 0 Å². The van der Waals surface area contributed by atoms with Crippen LogP contribution in [-0.4, -0.2) is 64.1 Å². The number of ether oxygens (including phenoxy) is 2. The Balaban J connectivity index is 0.00000401. The van der Waals surface area contributed by atoms with Gasteiger partial charge in [0.2, 0.25) is 0 Å². The maximum atomic E-state index is 17.6. The standard InChI is InChI=1S/C37H41F2NO6S.CH4/c1-20(2)40-22-6-5-7-25(14-22)47-24-10-8-21(9-11-24)33-45-32-17-26-27-16-29(38)28-15-23(42)12-13-34(28,3)36(27,39)30(43)18-35(26,4)37(32,46-33)31(44)19-41;/h5-15,20,26-27,29-30,32-33,40-41,43H,16-19H2,1-4H3;1H4/t26-,27-,29-,30-,32+,33+,34-,35-,36-,37+;/m0./s1. The Morgan fingerprint density at radius 1 is 1.10 bits per heavy atom. The molecule has 7 nitrogen and oxygen atoms in total. The van der Waals surface area contributed by atoms with Crippen LogP contribution in [-0.2, 0) is 19.1 Å². The molecule has 0 aromatic heterocycles. The average Bonchev–Trinajstić information content (AvgIpc) is 3.53. The predicted octanol–water partition coefficient (Wildman–Crippen LogP) is 6.94. The average molecular weight is 682 g/mol. The molecule has 3 saturated carbocycles. The van der Waals surface area contributed by atoms with Crippen molar-refractivity contribution < 1.29 is 38.1 Å². The van der Waals surface area contributed by atoms with Gasteiger partial charge in [0.25, 0.3) is 0 Å². The fourth-order valence-corrected chi connectivity index (χ4v) is 10.4. The molecule has 1 saturated heterocycles. The lowest BCUT2D eigenvalue weighted by Crippen LogP contribution is -2.70. The Hall–Kier alpha value is -2.89. The summed E-state index contributed by atoms with van der Waals surface area (Å²) in [6, 6.07) is 16.1. The van der Waals surface area contributed by atoms with Gasteiger partial charge in [-0.1, -0.05) is 50.4 Å². The molecule has 0 spiro atoms. The van der Waals surface area contributed by atoms with Crippen LogP contribution in [0.4, 0.5) is 14.5 Å². The van der Waals surface area contributed by atoms with Crippen molar-refractivity contribution in [3.05, 3.63) is 77.9 Å². The van der Waals surface area contributed by atoms with E-state index in [4.69, 9.17) is 9.47 Å². The molecule has 1 heterocycles. The van der Waals surface area contributed by atoms with Gasteiger partial charge in [-0.05, 0) is 94.0 Å². The summed E-state index contributed by atoms with van der Waals surface area (Å²) in [6.45, 7) is 6.68. The largest absolute Gasteiger partial charge is 0.390 e. The van der Waals surface area contributed by atoms with Crippen LogP contribution in [0.25, 0.3) is 0 Å². The van der Waals surface area contributed by atoms with Gasteiger partial charge in [0.1, 0.15) is 12.8 Å². The number of hydrogen-bond donors (Lipinski definition) is 3. The van der Waals surface area contributed by atoms with Gasteiger partial charge in [-0.25, -0.2) is 8.78 Å². The zero-order valence-corrected chi connectivity index (χ0v) is 27.7. The first-order chi connectivity index (χ1) is 22.3. The number of carbonyl (C=O) groups is 2. The summed E-state index contributed by atoms with van der Waals surface area (Å²) in [5.74, 6) is -2.60. The Labute approximate surface area is 285 Å². The molecular formula is C38H45F2NO6S. The fourth-order valence-electron chi connectivity index (χ4n) is 9.53. The molecule has 3 N–H and O–H groups in total. The highest BCUT2D eigenvalue weighted by molar-refractivity contribution is 7.99. The maximum absolute atomic E-state index is 17.6. The fraction of sp³-hybridized carbons (Fsp3) is 0.526. The number of aliphatic hydroxyl groups is 2. The minimum Gasteiger partial charge on any atom is -0.390 e. The minimum atomic E-state index is -2.29. The summed E-state index contributed by atoms with van der Waals surface area (Å²) in [7, 11) is 0. The van der Waals surface area contributed by atoms with Crippen molar-refractivity contribution in [2.75, 3.05) is 11.9 Å². The molecule has 10 heteroatoms. The number of aliphatic hydroxyl groups excluding tert-OH is 2. The number of benzene rings is 2. The molecule has 2 aromatic rings. The van der Waals surface area contributed by atoms with Gasteiger partial charge in [-0.3, -0.25) is 9.59 Å². The SMILES string of the molecule is C.CC(C)Nc1cccc(Sc2ccc([C@@H]3O[C@@H]4C[C@H]5[C@@H]6C[C@H](F)C7=CC(=O)C=C[C@]7(C)[C@@]6(F)[C@@H](O)C[C@]5(C)[C@]4(C(=O)CO)O3)cc2)c1. The molecule has 10 atom stereocenters. The zero-order chi connectivity index (χ0) is 33.5. The number of hydrogen-bond acceptors (Lipinski definition) is 8. The quantitative estimate of drug-likeness (QED) is 0.289. The Morgan fingerprint density at radius 3 is 2.52 bits per heavy atom. The van der Waals surface area contributed by atoms with Crippen LogP contribution >= 0.6 is 11.8 Å². The second-order valence-corrected chi connectivity index (χ2v) is 15.6. The first-order valence-corrected chi connectivity index (χ1v) is 17.2. The van der Waals surface area contributed by atoms with Gasteiger partial charge < -0.3 is 25.0 Å². The third-order valence-corrected chi connectivity index (χ3v) is 12.6. The Kier molecular flexibility index (Phi) is 8.85. The van der Waals surface area contributed by atoms with Crippen molar-refractivity contribution in [2.45, 2.75) is 106 Å². The summed E-state index contributed by atoms with van der Waals surface area (Å²) >= 11 is 1.61. The van der Waals surface area contributed by atoms with E-state index in [0.29, 0.717) is 11.6 Å². The van der Waals surface area contributed by atoms with E-state index in [-0.39, 0.29) is 32.3 Å². The lowest BCUT2D eigenvalue weighted by molar-refractivity contribution is -0.235. The van der Waals surface area contributed by atoms with Crippen molar-refractivity contribution in [1.29, 1.82) is 0 Å². The number of ketones is 2. The van der Waals surface area contributed by atoms with E-state index < -0.39 is 76.8 Å². The molecule has 0 radical (unpaired) electrons. The molecule has 258 valence electrons. The van der Waals surface area contributed by atoms with Crippen LogP contribution in [0.5, 0.6) is 0 Å². The number of fused-ring (bicyclic) bond motifs is 7. The monoisotopic (exact) mass is 681 g/mol. The summed E-state index contributed by atoms with van der Waals surface area (Å²) in [4.78, 5) is 28.0. The summed E-state index contributed by atoms with van der Waals surface area (Å²) < 4.78 is 46.5. The first-order valence-electron chi connectivity index (χ1n) is 16.3. The van der Waals surface area contributed by atoms with Crippen molar-refractivity contribution in [3.63, 3.8) is 0 Å². The highest BCUT2D eigenvalue weighted by Gasteiger charge is 2.80. The maximum Gasteiger partial charge on any atom is 0.193 e. The number of Topliss-reactive ketones (excluding diaryl/α,β-unsaturated/α-hetero) is 1. The van der Waals surface area contributed by atoms with Crippen molar-refractivity contribution in [3.8, 4) is 0 Å². The van der Waals surface area contributed by atoms with Crippen LogP contribution < -0.4 is 5.32 Å². The number of nitrogens with one attached hydrogen (secondary N) is 1. The highest BCUT2D eigenvalue weighted by atomic mass is 32.2. The lowest BCUT2D eigenvalue weighted by Gasteiger charge is -2.63. The molecule has 4 fully saturated rings. The molecule has 0 amide bonds. The second kappa shape index (κ2) is 12.2. The van der Waals surface area contributed by atoms with Crippen LogP contribution in [0, 0.1) is 22.7 Å². The summed E-state index contributed by atoms with van der Waals surface area (Å²) in [5.41, 5.74) is -4.90. The van der Waals surface area contributed by atoms with Crippen LogP contribution in [0.3, 0.4) is 0 Å². The lowest BCUT2D eigenvalue weighted by atomic mass is 9.44. The number of halogens is 2. The molecule has 48 heavy (non-hydrogen) atoms. The molecule has 2 aromatic carbocycles. The van der Waals surface area contributed by atoms with Crippen LogP contribution in [0.2, 0.25) is 0 Å². The van der Waals surface area contributed by atoms with Gasteiger partial charge in [-0.15, -0.1) is 0 Å². The van der Waals surface area contributed by atoms with Gasteiger partial charge in [-0.2, -0.15) is 0 Å². The van der Waals surface area contributed by atoms with Crippen molar-refractivity contribution in [2.24, 2.45) is 22.7 Å². The number of anilines is 1. The molecule has 5 aliphatic rings. The number of rotatable bonds is 7. The molecule has 1 aliphatic heterocycles. The van der Waals surface area contributed by atoms with Crippen molar-refractivity contribution >= 4 is 29.0 Å². The van der Waals surface area contributed by atoms with E-state index in [0.717, 1.165) is 21.6 Å². The normalized spacial score (nSPS) is 39.5. The van der Waals surface area contributed by atoms with E-state index in [1.54, 1.807) is 25.6 Å². The van der Waals surface area contributed by atoms with E-state index in [1.807, 2.05) is 42.5 Å². The number of allylic oxidation sites excluding steroid dienone is 4. The molecule has 7 rings (SSSR count). The Morgan fingerprint density at radius 2 is 1.83 bits per heavy atom. The zero-order valence-electron chi connectivity index (χ0n) is 26.9. The molecule has 0 bridgehead atoms. The number of carbonyl (C=O) groups excluding carboxylic acids is 2. The molecule has 0 unspecified atom stereocenters. The third-order valence-electron chi connectivity index (χ3n) is 11.6. The molecular weight excluding hydrogens is 636 g/mol. The highest BCUT2D eigenvalue weighted by Crippen LogP contribution is 2.72. The summed E-state index contributed by atoms with van der Waals surface area (Å²) in [6.07, 6.45) is -1.38. The minimum absolute atomic E-state index is 0. The van der Waals surface area contributed by atoms with Crippen LogP contribution in [0.1, 0.15) is 66.2 Å². The van der Waals surface area contributed by atoms with E-state index >= 15 is 8.78 Å². The van der Waals surface area contributed by atoms with Gasteiger partial charge in [0, 0.05) is 43.8 Å². The molecule has 4 aliphatic carbocycles. The van der Waals surface area contributed by atoms with Crippen molar-refractivity contribution in [1.82, 2.24) is 0 Å². The summed E-state index contributed by atoms with van der Waals surface area (Å²) in [5, 5.41) is 25.3. The second-order valence-electron chi connectivity index (χ2n) is 14.5. The number of alkyl halides is 2. The Bertz CT molecular complexity index is 1660. The topological polar surface area (TPSA) is 105 Å². The van der Waals surface area contributed by atoms with Gasteiger partial charge in [0.05, 0.1) is 12.2 Å². The third kappa shape index (κ3) is 4.88. The van der Waals surface area contributed by atoms with Crippen LogP contribution in [0.15, 0.2) is 82.1 Å². The first kappa shape index (κ1) is 35.0. The predicted molar refractivity (Wildman–Crippen MR) is 180 cm³/mol. The van der Waals surface area contributed by atoms with E-state index in [1.165, 1.54) is 12.2 Å². The van der Waals surface area contributed by atoms with E-state index in [2.05, 4.69) is 25.2 Å². The smallest absolute Gasteiger partial charge is 0.193 e.